The molecule has 0 fully saturated rings. The number of halogens is 1. The summed E-state index contributed by atoms with van der Waals surface area (Å²) in [6, 6.07) is 3.50. The van der Waals surface area contributed by atoms with Crippen LogP contribution in [0.3, 0.4) is 0 Å². The number of aryl methyl sites for hydroxylation is 1. The summed E-state index contributed by atoms with van der Waals surface area (Å²) in [6.45, 7) is 3.45. The lowest BCUT2D eigenvalue weighted by molar-refractivity contribution is 0.144. The molecule has 0 radical (unpaired) electrons. The normalized spacial score (nSPS) is 11.1. The van der Waals surface area contributed by atoms with E-state index in [4.69, 9.17) is 16.3 Å². The first-order chi connectivity index (χ1) is 7.81. The Bertz CT molecular complexity index is 471. The third-order valence-electron chi connectivity index (χ3n) is 2.19. The van der Waals surface area contributed by atoms with E-state index in [1.165, 1.54) is 0 Å². The molecule has 0 aliphatic heterocycles. The number of nitrogens with zero attached hydrogens (tertiary/aromatic N) is 4. The van der Waals surface area contributed by atoms with Crippen LogP contribution in [0, 0.1) is 0 Å². The van der Waals surface area contributed by atoms with E-state index in [1.54, 1.807) is 16.6 Å². The van der Waals surface area contributed by atoms with Crippen molar-refractivity contribution >= 4 is 17.2 Å². The molecule has 5 nitrogen and oxygen atoms in total. The molecular weight excluding hydrogens is 228 g/mol. The Labute approximate surface area is 98.4 Å². The highest BCUT2D eigenvalue weighted by Crippen LogP contribution is 2.08. The molecule has 0 N–H and O–H groups in total. The monoisotopic (exact) mass is 240 g/mol. The highest BCUT2D eigenvalue weighted by molar-refractivity contribution is 6.29. The fourth-order valence-corrected chi connectivity index (χ4v) is 1.58. The molecule has 0 bridgehead atoms. The predicted molar refractivity (Wildman–Crippen MR) is 60.6 cm³/mol. The highest BCUT2D eigenvalue weighted by Gasteiger charge is 2.06. The van der Waals surface area contributed by atoms with Gasteiger partial charge in [-0.3, -0.25) is 0 Å². The van der Waals surface area contributed by atoms with Gasteiger partial charge in [0.25, 0.3) is 0 Å². The first-order valence-electron chi connectivity index (χ1n) is 5.26. The van der Waals surface area contributed by atoms with E-state index in [0.717, 1.165) is 37.5 Å². The minimum absolute atomic E-state index is 0.443. The summed E-state index contributed by atoms with van der Waals surface area (Å²) in [7, 11) is 0. The number of hydrogen-bond acceptors (Lipinski definition) is 4. The summed E-state index contributed by atoms with van der Waals surface area (Å²) in [5.74, 6) is 0.817. The molecule has 0 unspecified atom stereocenters. The summed E-state index contributed by atoms with van der Waals surface area (Å²) < 4.78 is 6.94. The van der Waals surface area contributed by atoms with Gasteiger partial charge >= 0.3 is 0 Å². The molecule has 16 heavy (non-hydrogen) atoms. The van der Waals surface area contributed by atoms with Crippen molar-refractivity contribution in [3.05, 3.63) is 23.1 Å². The van der Waals surface area contributed by atoms with E-state index in [0.29, 0.717) is 5.15 Å². The molecular formula is C10H13ClN4O. The summed E-state index contributed by atoms with van der Waals surface area (Å²) >= 11 is 5.82. The molecule has 2 heterocycles. The van der Waals surface area contributed by atoms with Gasteiger partial charge in [0.1, 0.15) is 5.15 Å². The van der Waals surface area contributed by atoms with E-state index in [2.05, 4.69) is 15.3 Å². The van der Waals surface area contributed by atoms with E-state index >= 15 is 0 Å². The first kappa shape index (κ1) is 11.3. The zero-order valence-corrected chi connectivity index (χ0v) is 9.81. The molecule has 0 saturated heterocycles. The SMILES string of the molecule is CCOCCCc1nnc2ccc(Cl)nn12. The molecule has 2 aromatic heterocycles. The molecule has 86 valence electrons. The van der Waals surface area contributed by atoms with Gasteiger partial charge in [0.15, 0.2) is 11.5 Å². The minimum atomic E-state index is 0.443. The lowest BCUT2D eigenvalue weighted by Gasteiger charge is -2.00. The zero-order valence-electron chi connectivity index (χ0n) is 9.06. The van der Waals surface area contributed by atoms with Gasteiger partial charge in [-0.1, -0.05) is 11.6 Å². The van der Waals surface area contributed by atoms with Crippen molar-refractivity contribution in [1.82, 2.24) is 19.8 Å². The fourth-order valence-electron chi connectivity index (χ4n) is 1.44. The van der Waals surface area contributed by atoms with Crippen LogP contribution in [0.1, 0.15) is 19.2 Å². The largest absolute Gasteiger partial charge is 0.382 e. The van der Waals surface area contributed by atoms with Crippen molar-refractivity contribution in [2.75, 3.05) is 13.2 Å². The van der Waals surface area contributed by atoms with E-state index in [1.807, 2.05) is 6.92 Å². The van der Waals surface area contributed by atoms with Crippen LogP contribution in [-0.4, -0.2) is 33.0 Å². The Morgan fingerprint density at radius 1 is 1.38 bits per heavy atom. The average molecular weight is 241 g/mol. The summed E-state index contributed by atoms with van der Waals surface area (Å²) in [4.78, 5) is 0. The van der Waals surface area contributed by atoms with Crippen LogP contribution in [0.15, 0.2) is 12.1 Å². The van der Waals surface area contributed by atoms with Crippen molar-refractivity contribution in [1.29, 1.82) is 0 Å². The van der Waals surface area contributed by atoms with Crippen LogP contribution in [-0.2, 0) is 11.2 Å². The molecule has 0 aliphatic carbocycles. The number of aromatic nitrogens is 4. The van der Waals surface area contributed by atoms with Crippen LogP contribution in [0.5, 0.6) is 0 Å². The lowest BCUT2D eigenvalue weighted by Crippen LogP contribution is -2.02. The second-order valence-corrected chi connectivity index (χ2v) is 3.73. The molecule has 0 spiro atoms. The summed E-state index contributed by atoms with van der Waals surface area (Å²) in [6.07, 6.45) is 1.69. The maximum absolute atomic E-state index is 5.82. The molecule has 2 rings (SSSR count). The standard InChI is InChI=1S/C10H13ClN4O/c1-2-16-7-3-4-9-12-13-10-6-5-8(11)14-15(9)10/h5-6H,2-4,7H2,1H3. The van der Waals surface area contributed by atoms with Crippen LogP contribution < -0.4 is 0 Å². The van der Waals surface area contributed by atoms with Crippen molar-refractivity contribution < 1.29 is 4.74 Å². The summed E-state index contributed by atoms with van der Waals surface area (Å²) in [5, 5.41) is 12.7. The topological polar surface area (TPSA) is 52.3 Å². The van der Waals surface area contributed by atoms with Gasteiger partial charge in [0, 0.05) is 19.6 Å². The van der Waals surface area contributed by atoms with Gasteiger partial charge in [0.2, 0.25) is 0 Å². The number of fused-ring (bicyclic) bond motifs is 1. The second kappa shape index (κ2) is 5.23. The molecule has 0 amide bonds. The fraction of sp³-hybridized carbons (Fsp3) is 0.500. The van der Waals surface area contributed by atoms with Gasteiger partial charge < -0.3 is 4.74 Å². The third kappa shape index (κ3) is 2.48. The van der Waals surface area contributed by atoms with Crippen LogP contribution in [0.4, 0.5) is 0 Å². The Morgan fingerprint density at radius 2 is 2.25 bits per heavy atom. The molecule has 0 aromatic carbocycles. The number of rotatable bonds is 5. The second-order valence-electron chi connectivity index (χ2n) is 3.34. The lowest BCUT2D eigenvalue weighted by atomic mass is 10.3. The van der Waals surface area contributed by atoms with Crippen molar-refractivity contribution in [2.45, 2.75) is 19.8 Å². The zero-order chi connectivity index (χ0) is 11.4. The maximum atomic E-state index is 5.82. The molecule has 0 atom stereocenters. The molecule has 0 aliphatic rings. The molecule has 0 saturated carbocycles. The van der Waals surface area contributed by atoms with Gasteiger partial charge in [-0.15, -0.1) is 10.2 Å². The van der Waals surface area contributed by atoms with Gasteiger partial charge in [-0.05, 0) is 25.5 Å². The van der Waals surface area contributed by atoms with Gasteiger partial charge in [0.05, 0.1) is 0 Å². The third-order valence-corrected chi connectivity index (χ3v) is 2.39. The van der Waals surface area contributed by atoms with E-state index in [9.17, 15) is 0 Å². The maximum Gasteiger partial charge on any atom is 0.178 e. The van der Waals surface area contributed by atoms with Gasteiger partial charge in [-0.25, -0.2) is 0 Å². The first-order valence-corrected chi connectivity index (χ1v) is 5.63. The van der Waals surface area contributed by atoms with E-state index in [-0.39, 0.29) is 0 Å². The van der Waals surface area contributed by atoms with Crippen LogP contribution >= 0.6 is 11.6 Å². The van der Waals surface area contributed by atoms with Crippen LogP contribution in [0.25, 0.3) is 5.65 Å². The molecule has 6 heteroatoms. The predicted octanol–water partition coefficient (Wildman–Crippen LogP) is 1.75. The van der Waals surface area contributed by atoms with Crippen molar-refractivity contribution in [3.8, 4) is 0 Å². The van der Waals surface area contributed by atoms with Crippen LogP contribution in [0.2, 0.25) is 5.15 Å². The number of hydrogen-bond donors (Lipinski definition) is 0. The van der Waals surface area contributed by atoms with Crippen molar-refractivity contribution in [3.63, 3.8) is 0 Å². The van der Waals surface area contributed by atoms with E-state index < -0.39 is 0 Å². The Morgan fingerprint density at radius 3 is 3.06 bits per heavy atom. The Hall–Kier alpha value is -1.20. The summed E-state index contributed by atoms with van der Waals surface area (Å²) in [5.41, 5.74) is 0.718. The number of ether oxygens (including phenoxy) is 1. The minimum Gasteiger partial charge on any atom is -0.382 e. The average Bonchev–Trinajstić information content (AvgIpc) is 2.67. The Kier molecular flexibility index (Phi) is 3.69. The van der Waals surface area contributed by atoms with Gasteiger partial charge in [-0.2, -0.15) is 9.61 Å². The Balaban J connectivity index is 2.09. The quantitative estimate of drug-likeness (QED) is 0.748. The van der Waals surface area contributed by atoms with Crippen molar-refractivity contribution in [2.24, 2.45) is 0 Å². The smallest absolute Gasteiger partial charge is 0.178 e. The molecule has 2 aromatic rings. The highest BCUT2D eigenvalue weighted by atomic mass is 35.5.